The molecule has 1 heterocycles. The van der Waals surface area contributed by atoms with Gasteiger partial charge >= 0.3 is 11.2 Å². The van der Waals surface area contributed by atoms with Crippen LogP contribution in [0.1, 0.15) is 15.9 Å². The van der Waals surface area contributed by atoms with Gasteiger partial charge in [-0.3, -0.25) is 4.79 Å². The molecular weight excluding hydrogens is 479 g/mol. The highest BCUT2D eigenvalue weighted by atomic mass is 35.5. The summed E-state index contributed by atoms with van der Waals surface area (Å²) in [4.78, 5) is 30.9. The minimum Gasteiger partial charge on any atom is -0.316 e. The molecule has 0 fully saturated rings. The number of benzene rings is 3. The van der Waals surface area contributed by atoms with E-state index in [1.807, 2.05) is 31.2 Å². The van der Waals surface area contributed by atoms with Crippen molar-refractivity contribution in [3.63, 3.8) is 0 Å². The summed E-state index contributed by atoms with van der Waals surface area (Å²) in [6.07, 6.45) is 0. The van der Waals surface area contributed by atoms with E-state index in [2.05, 4.69) is 10.4 Å². The molecule has 3 aromatic carbocycles. The summed E-state index contributed by atoms with van der Waals surface area (Å²) >= 11 is 13.3. The smallest absolute Gasteiger partial charge is 0.316 e. The van der Waals surface area contributed by atoms with E-state index in [-0.39, 0.29) is 5.13 Å². The van der Waals surface area contributed by atoms with Crippen LogP contribution < -0.4 is 15.8 Å². The Kier molecular flexibility index (Phi) is 6.49. The van der Waals surface area contributed by atoms with E-state index in [1.165, 1.54) is 11.3 Å². The number of halogens is 2. The molecule has 3 amide bonds. The van der Waals surface area contributed by atoms with Crippen LogP contribution in [-0.4, -0.2) is 16.9 Å². The number of amides is 3. The number of urea groups is 1. The molecule has 33 heavy (non-hydrogen) atoms. The molecule has 1 unspecified atom stereocenters. The second-order valence-corrected chi connectivity index (χ2v) is 9.02. The summed E-state index contributed by atoms with van der Waals surface area (Å²) in [5, 5.41) is 3.15. The van der Waals surface area contributed by atoms with Crippen molar-refractivity contribution in [2.45, 2.75) is 6.92 Å². The number of aromatic nitrogens is 1. The highest BCUT2D eigenvalue weighted by molar-refractivity contribution is 7.14. The molecule has 0 saturated heterocycles. The van der Waals surface area contributed by atoms with Gasteiger partial charge in [-0.1, -0.05) is 64.4 Å². The number of nitrogens with two attached hydrogens (primary N) is 1. The second-order valence-electron chi connectivity index (χ2n) is 7.31. The number of aryl methyl sites for hydroxylation is 1. The fourth-order valence-corrected chi connectivity index (χ4v) is 4.47. The van der Waals surface area contributed by atoms with Crippen LogP contribution in [0.5, 0.6) is 0 Å². The lowest BCUT2D eigenvalue weighted by Crippen LogP contribution is -2.63. The fourth-order valence-electron chi connectivity index (χ4n) is 3.26. The predicted molar refractivity (Wildman–Crippen MR) is 134 cm³/mol. The number of carbonyl (C=O) groups excluding carboxylic acids is 2. The zero-order chi connectivity index (χ0) is 23.6. The molecule has 0 aliphatic rings. The number of thiazole rings is 1. The average molecular weight is 498 g/mol. The van der Waals surface area contributed by atoms with Gasteiger partial charge in [0.05, 0.1) is 5.69 Å². The van der Waals surface area contributed by atoms with Crippen LogP contribution in [-0.2, 0) is 0 Å². The number of rotatable bonds is 4. The van der Waals surface area contributed by atoms with Crippen molar-refractivity contribution in [3.05, 3.63) is 99.3 Å². The first-order chi connectivity index (χ1) is 15.8. The van der Waals surface area contributed by atoms with Crippen molar-refractivity contribution in [2.75, 3.05) is 0 Å². The summed E-state index contributed by atoms with van der Waals surface area (Å²) in [6, 6.07) is 19.8. The van der Waals surface area contributed by atoms with Crippen LogP contribution in [0.2, 0.25) is 10.0 Å². The SMILES string of the molecule is Cc1ccc(C(=O)N[N+](C(N)=O)(c2ccc(Cl)cc2)c2nc(-c3ccc(Cl)cc3)cs2)cc1. The molecule has 166 valence electrons. The molecule has 1 atom stereocenters. The molecule has 1 aromatic heterocycles. The Bertz CT molecular complexity index is 1310. The van der Waals surface area contributed by atoms with Gasteiger partial charge in [-0.25, -0.2) is 4.79 Å². The van der Waals surface area contributed by atoms with Gasteiger partial charge in [0, 0.05) is 38.7 Å². The Balaban J connectivity index is 1.84. The van der Waals surface area contributed by atoms with E-state index in [0.717, 1.165) is 11.1 Å². The lowest BCUT2D eigenvalue weighted by atomic mass is 10.1. The lowest BCUT2D eigenvalue weighted by molar-refractivity contribution is 0.0881. The van der Waals surface area contributed by atoms with Crippen LogP contribution in [0.25, 0.3) is 11.3 Å². The van der Waals surface area contributed by atoms with Gasteiger partial charge < -0.3 is 5.73 Å². The van der Waals surface area contributed by atoms with Crippen molar-refractivity contribution in [1.29, 1.82) is 0 Å². The van der Waals surface area contributed by atoms with Crippen molar-refractivity contribution in [1.82, 2.24) is 15.0 Å². The standard InChI is InChI=1S/C24H18Cl2N4O2S/c1-15-2-4-17(5-3-15)22(31)29-30(23(27)32,20-12-10-19(26)11-13-20)24-28-21(14-33-24)16-6-8-18(25)9-7-16/h2-14H,1H3,(H2-,27,29,31,32)/p+1. The summed E-state index contributed by atoms with van der Waals surface area (Å²) in [7, 11) is 0. The molecule has 0 bridgehead atoms. The highest BCUT2D eigenvalue weighted by Crippen LogP contribution is 2.38. The van der Waals surface area contributed by atoms with Gasteiger partial charge in [0.15, 0.2) is 5.69 Å². The van der Waals surface area contributed by atoms with Crippen LogP contribution >= 0.6 is 34.5 Å². The third-order valence-electron chi connectivity index (χ3n) is 5.05. The van der Waals surface area contributed by atoms with Gasteiger partial charge in [-0.05, 0) is 47.9 Å². The minimum absolute atomic E-state index is 0.273. The molecule has 4 rings (SSSR count). The minimum atomic E-state index is -0.824. The van der Waals surface area contributed by atoms with Crippen molar-refractivity contribution in [2.24, 2.45) is 5.73 Å². The Labute approximate surface area is 204 Å². The fraction of sp³-hybridized carbons (Fsp3) is 0.0417. The number of hydrogen-bond donors (Lipinski definition) is 2. The van der Waals surface area contributed by atoms with Gasteiger partial charge in [0.2, 0.25) is 0 Å². The number of quaternary nitrogens is 1. The maximum absolute atomic E-state index is 13.2. The second kappa shape index (κ2) is 9.33. The van der Waals surface area contributed by atoms with E-state index in [0.29, 0.717) is 27.0 Å². The molecular formula is C24H19Cl2N4O2S+. The number of hydrogen-bond acceptors (Lipinski definition) is 4. The normalized spacial score (nSPS) is 12.7. The van der Waals surface area contributed by atoms with Crippen molar-refractivity contribution >= 4 is 57.3 Å². The predicted octanol–water partition coefficient (Wildman–Crippen LogP) is 6.49. The average Bonchev–Trinajstić information content (AvgIpc) is 3.29. The Morgan fingerprint density at radius 2 is 1.48 bits per heavy atom. The maximum Gasteiger partial charge on any atom is 0.451 e. The van der Waals surface area contributed by atoms with E-state index in [9.17, 15) is 9.59 Å². The van der Waals surface area contributed by atoms with Gasteiger partial charge in [0.1, 0.15) is 0 Å². The third-order valence-corrected chi connectivity index (χ3v) is 6.47. The largest absolute Gasteiger partial charge is 0.451 e. The third kappa shape index (κ3) is 4.62. The van der Waals surface area contributed by atoms with E-state index >= 15 is 0 Å². The van der Waals surface area contributed by atoms with Crippen molar-refractivity contribution in [3.8, 4) is 11.3 Å². The Morgan fingerprint density at radius 3 is 2.06 bits per heavy atom. The molecule has 6 nitrogen and oxygen atoms in total. The summed E-state index contributed by atoms with van der Waals surface area (Å²) in [5.74, 6) is -0.480. The van der Waals surface area contributed by atoms with Gasteiger partial charge in [-0.2, -0.15) is 10.4 Å². The molecule has 3 N–H and O–H groups in total. The number of nitrogens with one attached hydrogen (secondary N) is 1. The quantitative estimate of drug-likeness (QED) is 0.249. The van der Waals surface area contributed by atoms with Gasteiger partial charge in [-0.15, -0.1) is 0 Å². The first-order valence-corrected chi connectivity index (χ1v) is 11.5. The number of primary amides is 1. The Morgan fingerprint density at radius 1 is 0.909 bits per heavy atom. The summed E-state index contributed by atoms with van der Waals surface area (Å²) in [6.45, 7) is 1.92. The van der Waals surface area contributed by atoms with Crippen LogP contribution in [0.4, 0.5) is 15.6 Å². The molecule has 9 heteroatoms. The topological polar surface area (TPSA) is 85.1 Å². The molecule has 4 aromatic rings. The molecule has 0 aliphatic carbocycles. The highest BCUT2D eigenvalue weighted by Gasteiger charge is 2.46. The molecule has 0 aliphatic heterocycles. The molecule has 0 radical (unpaired) electrons. The van der Waals surface area contributed by atoms with E-state index in [4.69, 9.17) is 28.9 Å². The zero-order valence-corrected chi connectivity index (χ0v) is 19.8. The number of carbonyl (C=O) groups is 2. The van der Waals surface area contributed by atoms with E-state index in [1.54, 1.807) is 53.9 Å². The summed E-state index contributed by atoms with van der Waals surface area (Å²) in [5.41, 5.74) is 11.9. The lowest BCUT2D eigenvalue weighted by Gasteiger charge is -2.29. The maximum atomic E-state index is 13.2. The van der Waals surface area contributed by atoms with Crippen LogP contribution in [0.3, 0.4) is 0 Å². The van der Waals surface area contributed by atoms with E-state index < -0.39 is 16.5 Å². The zero-order valence-electron chi connectivity index (χ0n) is 17.5. The van der Waals surface area contributed by atoms with Crippen LogP contribution in [0.15, 0.2) is 78.2 Å². The Hall–Kier alpha value is -3.23. The first-order valence-electron chi connectivity index (χ1n) is 9.86. The van der Waals surface area contributed by atoms with Gasteiger partial charge in [0.25, 0.3) is 5.91 Å². The van der Waals surface area contributed by atoms with Crippen LogP contribution in [0, 0.1) is 6.92 Å². The first kappa shape index (κ1) is 22.9. The summed E-state index contributed by atoms with van der Waals surface area (Å²) < 4.78 is -0.803. The van der Waals surface area contributed by atoms with Crippen molar-refractivity contribution < 1.29 is 9.59 Å². The monoisotopic (exact) mass is 497 g/mol. The molecule has 0 saturated carbocycles. The molecule has 0 spiro atoms. The number of nitrogens with zero attached hydrogens (tertiary/aromatic N) is 2.